The zero-order valence-corrected chi connectivity index (χ0v) is 15.6. The normalized spacial score (nSPS) is 10.4. The average molecular weight is 370 g/mol. The van der Waals surface area contributed by atoms with Crippen LogP contribution >= 0.6 is 0 Å². The van der Waals surface area contributed by atoms with Crippen molar-refractivity contribution in [1.29, 1.82) is 0 Å². The molecule has 0 aliphatic carbocycles. The maximum Gasteiger partial charge on any atom is 0.123 e. The molecule has 4 N–H and O–H groups in total. The number of nitrogens with two attached hydrogens (primary N) is 1. The van der Waals surface area contributed by atoms with Crippen molar-refractivity contribution in [3.63, 3.8) is 0 Å². The highest BCUT2D eigenvalue weighted by atomic mass is 35.5. The third kappa shape index (κ3) is 7.78. The Kier molecular flexibility index (Phi) is 9.57. The standard InChI is InChI=1S/C20H23F2N.ClH.H2O/c1-20(2,3)23-14-4-5-19(15-6-10-17(21)11-7-15)16-8-12-18(22)13-9-16;;/h5-13,23H,4,14H2,1-3H3;1H;1H2. The Morgan fingerprint density at radius 1 is 0.880 bits per heavy atom. The van der Waals surface area contributed by atoms with Gasteiger partial charge >= 0.3 is 0 Å². The molecule has 2 aromatic rings. The van der Waals surface area contributed by atoms with Crippen LogP contribution in [-0.2, 0) is 0 Å². The van der Waals surface area contributed by atoms with Crippen molar-refractivity contribution in [2.75, 3.05) is 6.54 Å². The van der Waals surface area contributed by atoms with Gasteiger partial charge in [-0.05, 0) is 61.7 Å². The minimum atomic E-state index is -0.256. The molecule has 0 unspecified atom stereocenters. The molecule has 0 spiro atoms. The molecule has 0 aliphatic rings. The summed E-state index contributed by atoms with van der Waals surface area (Å²) < 4.78 is 26.3. The number of rotatable bonds is 5. The van der Waals surface area contributed by atoms with Crippen LogP contribution in [-0.4, -0.2) is 17.6 Å². The maximum absolute atomic E-state index is 13.2. The average Bonchev–Trinajstić information content (AvgIpc) is 2.49. The van der Waals surface area contributed by atoms with Gasteiger partial charge in [-0.3, -0.25) is 0 Å². The van der Waals surface area contributed by atoms with Crippen LogP contribution in [0.5, 0.6) is 0 Å². The molecule has 138 valence electrons. The largest absolute Gasteiger partial charge is 1.00 e. The molecule has 0 amide bonds. The molecular formula is C20H26ClF2NO. The van der Waals surface area contributed by atoms with Gasteiger partial charge in [-0.25, -0.2) is 8.78 Å². The van der Waals surface area contributed by atoms with E-state index in [1.165, 1.54) is 24.3 Å². The van der Waals surface area contributed by atoms with Crippen LogP contribution in [0.3, 0.4) is 0 Å². The second-order valence-corrected chi connectivity index (χ2v) is 6.78. The van der Waals surface area contributed by atoms with E-state index in [2.05, 4.69) is 32.2 Å². The summed E-state index contributed by atoms with van der Waals surface area (Å²) in [6, 6.07) is 12.9. The Morgan fingerprint density at radius 2 is 1.28 bits per heavy atom. The summed E-state index contributed by atoms with van der Waals surface area (Å²) in [4.78, 5) is 0. The first kappa shape index (κ1) is 23.2. The quantitative estimate of drug-likeness (QED) is 0.738. The number of hydrogen-bond acceptors (Lipinski definition) is 0. The van der Waals surface area contributed by atoms with Crippen LogP contribution in [0.15, 0.2) is 54.6 Å². The molecule has 25 heavy (non-hydrogen) atoms. The lowest BCUT2D eigenvalue weighted by molar-refractivity contribution is -0.716. The number of benzene rings is 2. The van der Waals surface area contributed by atoms with Crippen molar-refractivity contribution in [1.82, 2.24) is 0 Å². The predicted molar refractivity (Wildman–Crippen MR) is 94.7 cm³/mol. The van der Waals surface area contributed by atoms with E-state index in [4.69, 9.17) is 0 Å². The first-order valence-electron chi connectivity index (χ1n) is 7.91. The molecule has 0 atom stereocenters. The fraction of sp³-hybridized carbons (Fsp3) is 0.300. The Hall–Kier alpha value is -1.75. The Bertz CT molecular complexity index is 614. The fourth-order valence-electron chi connectivity index (χ4n) is 2.41. The lowest BCUT2D eigenvalue weighted by Gasteiger charge is -2.16. The van der Waals surface area contributed by atoms with Crippen molar-refractivity contribution in [2.45, 2.75) is 32.7 Å². The van der Waals surface area contributed by atoms with Gasteiger partial charge in [0.25, 0.3) is 0 Å². The van der Waals surface area contributed by atoms with Gasteiger partial charge in [0.15, 0.2) is 0 Å². The molecule has 0 heterocycles. The maximum atomic E-state index is 13.2. The first-order chi connectivity index (χ1) is 10.8. The Morgan fingerprint density at radius 3 is 1.64 bits per heavy atom. The van der Waals surface area contributed by atoms with Gasteiger partial charge in [-0.15, -0.1) is 0 Å². The molecule has 0 aromatic heterocycles. The molecule has 0 bridgehead atoms. The van der Waals surface area contributed by atoms with Gasteiger partial charge in [-0.1, -0.05) is 30.3 Å². The lowest BCUT2D eigenvalue weighted by Crippen LogP contribution is -3.00. The van der Waals surface area contributed by atoms with Crippen molar-refractivity contribution >= 4 is 5.57 Å². The number of halogens is 3. The second kappa shape index (κ2) is 10.3. The fourth-order valence-corrected chi connectivity index (χ4v) is 2.41. The third-order valence-corrected chi connectivity index (χ3v) is 3.58. The molecule has 0 aliphatic heterocycles. The molecule has 2 aromatic carbocycles. The van der Waals surface area contributed by atoms with Gasteiger partial charge < -0.3 is 23.2 Å². The van der Waals surface area contributed by atoms with Gasteiger partial charge in [0, 0.05) is 6.42 Å². The van der Waals surface area contributed by atoms with E-state index in [9.17, 15) is 8.78 Å². The summed E-state index contributed by atoms with van der Waals surface area (Å²) in [7, 11) is 0. The minimum absolute atomic E-state index is 0. The van der Waals surface area contributed by atoms with Crippen molar-refractivity contribution < 1.29 is 32.0 Å². The van der Waals surface area contributed by atoms with Crippen LogP contribution in [0, 0.1) is 11.6 Å². The highest BCUT2D eigenvalue weighted by Gasteiger charge is 2.12. The zero-order valence-electron chi connectivity index (χ0n) is 14.8. The van der Waals surface area contributed by atoms with Crippen molar-refractivity contribution in [2.24, 2.45) is 0 Å². The molecule has 0 radical (unpaired) electrons. The number of quaternary nitrogens is 1. The van der Waals surface area contributed by atoms with Crippen LogP contribution in [0.2, 0.25) is 0 Å². The van der Waals surface area contributed by atoms with E-state index < -0.39 is 0 Å². The lowest BCUT2D eigenvalue weighted by atomic mass is 9.96. The van der Waals surface area contributed by atoms with Gasteiger partial charge in [0.05, 0.1) is 12.1 Å². The SMILES string of the molecule is CC(C)(C)[NH2+]CCC=C(c1ccc(F)cc1)c1ccc(F)cc1.O.[Cl-]. The minimum Gasteiger partial charge on any atom is -1.00 e. The summed E-state index contributed by atoms with van der Waals surface area (Å²) in [5, 5.41) is 2.29. The monoisotopic (exact) mass is 369 g/mol. The predicted octanol–water partition coefficient (Wildman–Crippen LogP) is 0.328. The summed E-state index contributed by atoms with van der Waals surface area (Å²) in [6.07, 6.45) is 3.03. The van der Waals surface area contributed by atoms with E-state index in [1.807, 2.05) is 0 Å². The summed E-state index contributed by atoms with van der Waals surface area (Å²) in [6.45, 7) is 7.50. The molecular weight excluding hydrogens is 344 g/mol. The Balaban J connectivity index is 0.00000288. The molecule has 0 saturated heterocycles. The van der Waals surface area contributed by atoms with Crippen LogP contribution < -0.4 is 17.7 Å². The van der Waals surface area contributed by atoms with Crippen LogP contribution in [0.4, 0.5) is 8.78 Å². The molecule has 0 saturated carbocycles. The highest BCUT2D eigenvalue weighted by molar-refractivity contribution is 5.79. The van der Waals surface area contributed by atoms with Crippen LogP contribution in [0.25, 0.3) is 5.57 Å². The second-order valence-electron chi connectivity index (χ2n) is 6.78. The van der Waals surface area contributed by atoms with E-state index in [-0.39, 0.29) is 35.1 Å². The van der Waals surface area contributed by atoms with E-state index in [1.54, 1.807) is 24.3 Å². The topological polar surface area (TPSA) is 48.1 Å². The third-order valence-electron chi connectivity index (χ3n) is 3.58. The van der Waals surface area contributed by atoms with Gasteiger partial charge in [-0.2, -0.15) is 0 Å². The summed E-state index contributed by atoms with van der Waals surface area (Å²) >= 11 is 0. The van der Waals surface area contributed by atoms with E-state index in [0.717, 1.165) is 29.7 Å². The van der Waals surface area contributed by atoms with E-state index >= 15 is 0 Å². The van der Waals surface area contributed by atoms with Crippen molar-refractivity contribution in [3.8, 4) is 0 Å². The molecule has 2 nitrogen and oxygen atoms in total. The van der Waals surface area contributed by atoms with E-state index in [0.29, 0.717) is 0 Å². The smallest absolute Gasteiger partial charge is 0.123 e. The number of hydrogen-bond donors (Lipinski definition) is 1. The molecule has 0 fully saturated rings. The van der Waals surface area contributed by atoms with Gasteiger partial charge in [0.2, 0.25) is 0 Å². The molecule has 5 heteroatoms. The Labute approximate surface area is 154 Å². The zero-order chi connectivity index (χ0) is 16.9. The van der Waals surface area contributed by atoms with Gasteiger partial charge in [0.1, 0.15) is 11.6 Å². The molecule has 2 rings (SSSR count). The summed E-state index contributed by atoms with van der Waals surface area (Å²) in [5.74, 6) is -0.512. The highest BCUT2D eigenvalue weighted by Crippen LogP contribution is 2.24. The van der Waals surface area contributed by atoms with Crippen LogP contribution in [0.1, 0.15) is 38.3 Å². The first-order valence-corrected chi connectivity index (χ1v) is 7.91. The summed E-state index contributed by atoms with van der Waals surface area (Å²) in [5.41, 5.74) is 3.08. The van der Waals surface area contributed by atoms with Crippen molar-refractivity contribution in [3.05, 3.63) is 77.4 Å².